The van der Waals surface area contributed by atoms with Crippen LogP contribution < -0.4 is 5.32 Å². The van der Waals surface area contributed by atoms with Gasteiger partial charge in [-0.05, 0) is 19.5 Å². The molecule has 0 fully saturated rings. The Morgan fingerprint density at radius 3 is 2.77 bits per heavy atom. The van der Waals surface area contributed by atoms with Crippen molar-refractivity contribution in [3.05, 3.63) is 35.4 Å². The van der Waals surface area contributed by atoms with Crippen LogP contribution in [0.2, 0.25) is 0 Å². The van der Waals surface area contributed by atoms with Gasteiger partial charge in [-0.1, -0.05) is 29.8 Å². The van der Waals surface area contributed by atoms with E-state index in [0.717, 1.165) is 6.54 Å². The summed E-state index contributed by atoms with van der Waals surface area (Å²) in [6.07, 6.45) is 0.157. The summed E-state index contributed by atoms with van der Waals surface area (Å²) in [4.78, 5) is 0. The fourth-order valence-corrected chi connectivity index (χ4v) is 1.39. The lowest BCUT2D eigenvalue weighted by atomic mass is 10.1. The van der Waals surface area contributed by atoms with E-state index in [1.54, 1.807) is 7.11 Å². The lowest BCUT2D eigenvalue weighted by Crippen LogP contribution is -2.18. The number of benzene rings is 1. The minimum Gasteiger partial charge on any atom is -0.375 e. The van der Waals surface area contributed by atoms with E-state index in [1.807, 2.05) is 7.05 Å². The molecule has 0 saturated carbocycles. The summed E-state index contributed by atoms with van der Waals surface area (Å²) < 4.78 is 5.37. The number of hydrogen-bond acceptors (Lipinski definition) is 2. The number of aryl methyl sites for hydroxylation is 1. The zero-order chi connectivity index (χ0) is 9.68. The zero-order valence-corrected chi connectivity index (χ0v) is 8.50. The van der Waals surface area contributed by atoms with E-state index >= 15 is 0 Å². The molecule has 2 heteroatoms. The van der Waals surface area contributed by atoms with Crippen LogP contribution in [0.1, 0.15) is 17.2 Å². The summed E-state index contributed by atoms with van der Waals surface area (Å²) in [5, 5.41) is 3.11. The first kappa shape index (κ1) is 10.2. The highest BCUT2D eigenvalue weighted by Gasteiger charge is 2.08. The molecule has 0 aromatic heterocycles. The van der Waals surface area contributed by atoms with Crippen LogP contribution in [-0.4, -0.2) is 20.7 Å². The van der Waals surface area contributed by atoms with Gasteiger partial charge in [-0.3, -0.25) is 0 Å². The van der Waals surface area contributed by atoms with Gasteiger partial charge in [0.25, 0.3) is 0 Å². The Morgan fingerprint density at radius 2 is 2.23 bits per heavy atom. The van der Waals surface area contributed by atoms with Gasteiger partial charge in [-0.25, -0.2) is 0 Å². The molecule has 1 aromatic rings. The van der Waals surface area contributed by atoms with E-state index in [9.17, 15) is 0 Å². The molecule has 0 saturated heterocycles. The van der Waals surface area contributed by atoms with E-state index in [1.165, 1.54) is 11.1 Å². The van der Waals surface area contributed by atoms with Gasteiger partial charge in [0, 0.05) is 13.7 Å². The Hall–Kier alpha value is -0.860. The molecule has 0 aliphatic rings. The van der Waals surface area contributed by atoms with Crippen molar-refractivity contribution in [3.63, 3.8) is 0 Å². The minimum absolute atomic E-state index is 0.157. The highest BCUT2D eigenvalue weighted by Crippen LogP contribution is 2.16. The van der Waals surface area contributed by atoms with Crippen LogP contribution in [0.4, 0.5) is 0 Å². The summed E-state index contributed by atoms with van der Waals surface area (Å²) in [6, 6.07) is 8.41. The van der Waals surface area contributed by atoms with Crippen LogP contribution >= 0.6 is 0 Å². The van der Waals surface area contributed by atoms with E-state index in [-0.39, 0.29) is 6.10 Å². The molecule has 0 radical (unpaired) electrons. The summed E-state index contributed by atoms with van der Waals surface area (Å²) in [5.41, 5.74) is 2.51. The maximum atomic E-state index is 5.37. The molecule has 0 bridgehead atoms. The average Bonchev–Trinajstić information content (AvgIpc) is 2.14. The van der Waals surface area contributed by atoms with E-state index in [0.29, 0.717) is 0 Å². The predicted octanol–water partition coefficient (Wildman–Crippen LogP) is 1.90. The SMILES string of the molecule is CNCC(OC)c1cccc(C)c1. The zero-order valence-electron chi connectivity index (χ0n) is 8.50. The molecule has 1 unspecified atom stereocenters. The molecule has 72 valence electrons. The highest BCUT2D eigenvalue weighted by molar-refractivity contribution is 5.24. The Kier molecular flexibility index (Phi) is 3.93. The molecule has 1 N–H and O–H groups in total. The molecular formula is C11H17NO. The van der Waals surface area contributed by atoms with Crippen LogP contribution in [0.5, 0.6) is 0 Å². The topological polar surface area (TPSA) is 21.3 Å². The van der Waals surface area contributed by atoms with Crippen LogP contribution in [0.25, 0.3) is 0 Å². The largest absolute Gasteiger partial charge is 0.375 e. The number of hydrogen-bond donors (Lipinski definition) is 1. The van der Waals surface area contributed by atoms with Crippen molar-refractivity contribution in [1.82, 2.24) is 5.32 Å². The molecule has 0 aliphatic carbocycles. The third-order valence-corrected chi connectivity index (χ3v) is 2.09. The predicted molar refractivity (Wildman–Crippen MR) is 54.9 cm³/mol. The second kappa shape index (κ2) is 5.00. The van der Waals surface area contributed by atoms with Gasteiger partial charge >= 0.3 is 0 Å². The first-order valence-corrected chi connectivity index (χ1v) is 4.52. The van der Waals surface area contributed by atoms with Crippen molar-refractivity contribution in [2.75, 3.05) is 20.7 Å². The van der Waals surface area contributed by atoms with Crippen LogP contribution in [0.15, 0.2) is 24.3 Å². The third-order valence-electron chi connectivity index (χ3n) is 2.09. The minimum atomic E-state index is 0.157. The van der Waals surface area contributed by atoms with Crippen LogP contribution in [0, 0.1) is 6.92 Å². The van der Waals surface area contributed by atoms with Gasteiger partial charge < -0.3 is 10.1 Å². The molecule has 1 aromatic carbocycles. The van der Waals surface area contributed by atoms with Gasteiger partial charge in [-0.15, -0.1) is 0 Å². The molecule has 0 spiro atoms. The number of ether oxygens (including phenoxy) is 1. The molecule has 2 nitrogen and oxygen atoms in total. The average molecular weight is 179 g/mol. The standard InChI is InChI=1S/C11H17NO/c1-9-5-4-6-10(7-9)11(13-3)8-12-2/h4-7,11-12H,8H2,1-3H3. The van der Waals surface area contributed by atoms with Gasteiger partial charge in [0.15, 0.2) is 0 Å². The fraction of sp³-hybridized carbons (Fsp3) is 0.455. The monoisotopic (exact) mass is 179 g/mol. The van der Waals surface area contributed by atoms with Crippen molar-refractivity contribution in [2.24, 2.45) is 0 Å². The number of rotatable bonds is 4. The highest BCUT2D eigenvalue weighted by atomic mass is 16.5. The van der Waals surface area contributed by atoms with Crippen molar-refractivity contribution < 1.29 is 4.74 Å². The molecule has 1 atom stereocenters. The van der Waals surface area contributed by atoms with Gasteiger partial charge in [0.2, 0.25) is 0 Å². The number of nitrogens with one attached hydrogen (secondary N) is 1. The quantitative estimate of drug-likeness (QED) is 0.762. The van der Waals surface area contributed by atoms with Gasteiger partial charge in [0.1, 0.15) is 0 Å². The number of likely N-dealkylation sites (N-methyl/N-ethyl adjacent to an activating group) is 1. The molecular weight excluding hydrogens is 162 g/mol. The first-order chi connectivity index (χ1) is 6.27. The summed E-state index contributed by atoms with van der Waals surface area (Å²) >= 11 is 0. The lowest BCUT2D eigenvalue weighted by Gasteiger charge is -2.15. The van der Waals surface area contributed by atoms with E-state index < -0.39 is 0 Å². The second-order valence-electron chi connectivity index (χ2n) is 3.20. The molecule has 1 rings (SSSR count). The van der Waals surface area contributed by atoms with E-state index in [4.69, 9.17) is 4.74 Å². The Bertz CT molecular complexity index is 260. The van der Waals surface area contributed by atoms with Gasteiger partial charge in [-0.2, -0.15) is 0 Å². The third kappa shape index (κ3) is 2.83. The van der Waals surface area contributed by atoms with Crippen LogP contribution in [-0.2, 0) is 4.74 Å². The lowest BCUT2D eigenvalue weighted by molar-refractivity contribution is 0.104. The van der Waals surface area contributed by atoms with Crippen molar-refractivity contribution in [3.8, 4) is 0 Å². The molecule has 0 aliphatic heterocycles. The number of methoxy groups -OCH3 is 1. The molecule has 0 amide bonds. The Morgan fingerprint density at radius 1 is 1.46 bits per heavy atom. The maximum absolute atomic E-state index is 5.37. The summed E-state index contributed by atoms with van der Waals surface area (Å²) in [5.74, 6) is 0. The van der Waals surface area contributed by atoms with Crippen LogP contribution in [0.3, 0.4) is 0 Å². The molecule has 0 heterocycles. The summed E-state index contributed by atoms with van der Waals surface area (Å²) in [7, 11) is 3.67. The normalized spacial score (nSPS) is 12.8. The Labute approximate surface area is 79.9 Å². The Balaban J connectivity index is 2.78. The van der Waals surface area contributed by atoms with Crippen molar-refractivity contribution in [1.29, 1.82) is 0 Å². The molecule has 13 heavy (non-hydrogen) atoms. The van der Waals surface area contributed by atoms with Crippen molar-refractivity contribution in [2.45, 2.75) is 13.0 Å². The van der Waals surface area contributed by atoms with Gasteiger partial charge in [0.05, 0.1) is 6.10 Å². The fourth-order valence-electron chi connectivity index (χ4n) is 1.39. The van der Waals surface area contributed by atoms with E-state index in [2.05, 4.69) is 36.5 Å². The first-order valence-electron chi connectivity index (χ1n) is 4.52. The summed E-state index contributed by atoms with van der Waals surface area (Å²) in [6.45, 7) is 2.94. The second-order valence-corrected chi connectivity index (χ2v) is 3.20. The van der Waals surface area contributed by atoms with Crippen molar-refractivity contribution >= 4 is 0 Å². The smallest absolute Gasteiger partial charge is 0.0945 e. The maximum Gasteiger partial charge on any atom is 0.0945 e.